The largest absolute Gasteiger partial charge is 0.454 e. The van der Waals surface area contributed by atoms with E-state index in [2.05, 4.69) is 5.32 Å². The Bertz CT molecular complexity index is 417. The Morgan fingerprint density at radius 1 is 1.38 bits per heavy atom. The SMILES string of the molecule is C[C@]1(O)CC[C@@H]1Nc1ccc2c(c1)OCO2. The monoisotopic (exact) mass is 221 g/mol. The third-order valence-corrected chi connectivity index (χ3v) is 3.40. The van der Waals surface area contributed by atoms with Crippen molar-refractivity contribution in [1.82, 2.24) is 0 Å². The normalized spacial score (nSPS) is 31.0. The number of nitrogens with one attached hydrogen (secondary N) is 1. The molecule has 4 nitrogen and oxygen atoms in total. The molecule has 0 amide bonds. The lowest BCUT2D eigenvalue weighted by molar-refractivity contribution is -0.0286. The molecule has 86 valence electrons. The molecule has 1 aromatic carbocycles. The minimum Gasteiger partial charge on any atom is -0.454 e. The number of aliphatic hydroxyl groups is 1. The summed E-state index contributed by atoms with van der Waals surface area (Å²) in [4.78, 5) is 0. The van der Waals surface area contributed by atoms with Gasteiger partial charge in [0.15, 0.2) is 11.5 Å². The fourth-order valence-corrected chi connectivity index (χ4v) is 2.12. The van der Waals surface area contributed by atoms with Gasteiger partial charge in [-0.25, -0.2) is 0 Å². The van der Waals surface area contributed by atoms with Crippen molar-refractivity contribution in [3.05, 3.63) is 18.2 Å². The van der Waals surface area contributed by atoms with Gasteiger partial charge < -0.3 is 19.9 Å². The van der Waals surface area contributed by atoms with Crippen molar-refractivity contribution in [2.24, 2.45) is 0 Å². The fraction of sp³-hybridized carbons (Fsp3) is 0.500. The molecule has 0 spiro atoms. The predicted octanol–water partition coefficient (Wildman–Crippen LogP) is 1.74. The van der Waals surface area contributed by atoms with Gasteiger partial charge in [0, 0.05) is 11.8 Å². The van der Waals surface area contributed by atoms with Gasteiger partial charge in [-0.05, 0) is 31.9 Å². The summed E-state index contributed by atoms with van der Waals surface area (Å²) in [5, 5.41) is 13.2. The summed E-state index contributed by atoms with van der Waals surface area (Å²) < 4.78 is 10.5. The molecular formula is C12H15NO3. The second-order valence-electron chi connectivity index (χ2n) is 4.66. The summed E-state index contributed by atoms with van der Waals surface area (Å²) in [5.74, 6) is 1.55. The first-order valence-corrected chi connectivity index (χ1v) is 5.54. The lowest BCUT2D eigenvalue weighted by atomic mass is 9.76. The number of ether oxygens (including phenoxy) is 2. The molecule has 0 saturated heterocycles. The maximum absolute atomic E-state index is 9.91. The summed E-state index contributed by atoms with van der Waals surface area (Å²) in [6, 6.07) is 5.88. The number of benzene rings is 1. The summed E-state index contributed by atoms with van der Waals surface area (Å²) in [7, 11) is 0. The number of rotatable bonds is 2. The molecule has 4 heteroatoms. The first-order chi connectivity index (χ1) is 7.65. The van der Waals surface area contributed by atoms with E-state index in [1.807, 2.05) is 25.1 Å². The average molecular weight is 221 g/mol. The zero-order valence-electron chi connectivity index (χ0n) is 9.19. The first kappa shape index (κ1) is 9.78. The van der Waals surface area contributed by atoms with Crippen molar-refractivity contribution in [3.63, 3.8) is 0 Å². The zero-order valence-corrected chi connectivity index (χ0v) is 9.19. The molecule has 1 fully saturated rings. The van der Waals surface area contributed by atoms with Crippen LogP contribution in [0.2, 0.25) is 0 Å². The molecule has 2 aliphatic rings. The van der Waals surface area contributed by atoms with Crippen LogP contribution in [0.5, 0.6) is 11.5 Å². The quantitative estimate of drug-likeness (QED) is 0.798. The topological polar surface area (TPSA) is 50.7 Å². The van der Waals surface area contributed by atoms with E-state index in [9.17, 15) is 5.11 Å². The highest BCUT2D eigenvalue weighted by molar-refractivity contribution is 5.56. The van der Waals surface area contributed by atoms with Crippen LogP contribution in [0.1, 0.15) is 19.8 Å². The Morgan fingerprint density at radius 2 is 2.19 bits per heavy atom. The molecule has 0 aromatic heterocycles. The van der Waals surface area contributed by atoms with Crippen LogP contribution in [0, 0.1) is 0 Å². The van der Waals surface area contributed by atoms with E-state index in [-0.39, 0.29) is 6.04 Å². The Kier molecular flexibility index (Phi) is 2.01. The number of hydrogen-bond acceptors (Lipinski definition) is 4. The number of hydrogen-bond donors (Lipinski definition) is 2. The predicted molar refractivity (Wildman–Crippen MR) is 59.8 cm³/mol. The maximum atomic E-state index is 9.91. The smallest absolute Gasteiger partial charge is 0.231 e. The van der Waals surface area contributed by atoms with E-state index in [0.29, 0.717) is 6.79 Å². The van der Waals surface area contributed by atoms with Crippen molar-refractivity contribution in [2.45, 2.75) is 31.4 Å². The summed E-state index contributed by atoms with van der Waals surface area (Å²) >= 11 is 0. The minimum absolute atomic E-state index is 0.132. The maximum Gasteiger partial charge on any atom is 0.231 e. The molecule has 2 N–H and O–H groups in total. The summed E-state index contributed by atoms with van der Waals surface area (Å²) in [6.07, 6.45) is 1.86. The molecule has 1 saturated carbocycles. The Morgan fingerprint density at radius 3 is 2.88 bits per heavy atom. The number of fused-ring (bicyclic) bond motifs is 1. The van der Waals surface area contributed by atoms with E-state index in [0.717, 1.165) is 30.0 Å². The van der Waals surface area contributed by atoms with Gasteiger partial charge in [-0.15, -0.1) is 0 Å². The molecule has 1 heterocycles. The van der Waals surface area contributed by atoms with E-state index in [4.69, 9.17) is 9.47 Å². The minimum atomic E-state index is -0.587. The molecule has 3 rings (SSSR count). The number of anilines is 1. The first-order valence-electron chi connectivity index (χ1n) is 5.54. The van der Waals surface area contributed by atoms with E-state index < -0.39 is 5.60 Å². The highest BCUT2D eigenvalue weighted by Gasteiger charge is 2.40. The standard InChI is InChI=1S/C12H15NO3/c1-12(14)5-4-11(12)13-8-2-3-9-10(6-8)16-7-15-9/h2-3,6,11,13-14H,4-5,7H2,1H3/t11-,12-/m0/s1. The van der Waals surface area contributed by atoms with Crippen molar-refractivity contribution >= 4 is 5.69 Å². The Hall–Kier alpha value is -1.42. The third kappa shape index (κ3) is 1.50. The van der Waals surface area contributed by atoms with Gasteiger partial charge in [-0.2, -0.15) is 0 Å². The van der Waals surface area contributed by atoms with Gasteiger partial charge in [-0.3, -0.25) is 0 Å². The van der Waals surface area contributed by atoms with Gasteiger partial charge in [0.25, 0.3) is 0 Å². The second-order valence-corrected chi connectivity index (χ2v) is 4.66. The van der Waals surface area contributed by atoms with Gasteiger partial charge in [-0.1, -0.05) is 0 Å². The third-order valence-electron chi connectivity index (χ3n) is 3.40. The highest BCUT2D eigenvalue weighted by atomic mass is 16.7. The summed E-state index contributed by atoms with van der Waals surface area (Å²) in [5.41, 5.74) is 0.380. The van der Waals surface area contributed by atoms with E-state index >= 15 is 0 Å². The van der Waals surface area contributed by atoms with Crippen molar-refractivity contribution in [3.8, 4) is 11.5 Å². The van der Waals surface area contributed by atoms with Crippen LogP contribution in [0.3, 0.4) is 0 Å². The van der Waals surface area contributed by atoms with Crippen LogP contribution in [0.4, 0.5) is 5.69 Å². The lowest BCUT2D eigenvalue weighted by Gasteiger charge is -2.43. The van der Waals surface area contributed by atoms with Crippen LogP contribution in [-0.4, -0.2) is 23.5 Å². The van der Waals surface area contributed by atoms with Crippen molar-refractivity contribution < 1.29 is 14.6 Å². The van der Waals surface area contributed by atoms with Gasteiger partial charge in [0.05, 0.1) is 11.6 Å². The molecular weight excluding hydrogens is 206 g/mol. The molecule has 16 heavy (non-hydrogen) atoms. The van der Waals surface area contributed by atoms with Crippen molar-refractivity contribution in [2.75, 3.05) is 12.1 Å². The molecule has 1 aliphatic heterocycles. The summed E-state index contributed by atoms with van der Waals surface area (Å²) in [6.45, 7) is 2.15. The van der Waals surface area contributed by atoms with E-state index in [1.165, 1.54) is 0 Å². The molecule has 0 bridgehead atoms. The van der Waals surface area contributed by atoms with Gasteiger partial charge in [0.1, 0.15) is 0 Å². The van der Waals surface area contributed by atoms with Crippen LogP contribution in [0.15, 0.2) is 18.2 Å². The second kappa shape index (κ2) is 3.28. The molecule has 1 aromatic rings. The lowest BCUT2D eigenvalue weighted by Crippen LogP contribution is -2.53. The average Bonchev–Trinajstić information content (AvgIpc) is 2.71. The van der Waals surface area contributed by atoms with Crippen LogP contribution < -0.4 is 14.8 Å². The Labute approximate surface area is 94.2 Å². The molecule has 2 atom stereocenters. The molecule has 0 unspecified atom stereocenters. The highest BCUT2D eigenvalue weighted by Crippen LogP contribution is 2.38. The molecule has 0 radical (unpaired) electrons. The Balaban J connectivity index is 1.76. The molecule has 1 aliphatic carbocycles. The van der Waals surface area contributed by atoms with Gasteiger partial charge in [0.2, 0.25) is 6.79 Å². The van der Waals surface area contributed by atoms with Crippen molar-refractivity contribution in [1.29, 1.82) is 0 Å². The fourth-order valence-electron chi connectivity index (χ4n) is 2.12. The zero-order chi connectivity index (χ0) is 11.2. The van der Waals surface area contributed by atoms with Crippen LogP contribution in [0.25, 0.3) is 0 Å². The van der Waals surface area contributed by atoms with Crippen LogP contribution in [-0.2, 0) is 0 Å². The van der Waals surface area contributed by atoms with Gasteiger partial charge >= 0.3 is 0 Å². The van der Waals surface area contributed by atoms with E-state index in [1.54, 1.807) is 0 Å². The van der Waals surface area contributed by atoms with Crippen LogP contribution >= 0.6 is 0 Å².